The van der Waals surface area contributed by atoms with Gasteiger partial charge in [0.2, 0.25) is 0 Å². The number of fused-ring (bicyclic) bond motifs is 1. The van der Waals surface area contributed by atoms with E-state index in [1.807, 2.05) is 0 Å². The molecule has 0 aliphatic carbocycles. The number of hydrogen-bond acceptors (Lipinski definition) is 2. The molecule has 1 amide bonds. The van der Waals surface area contributed by atoms with Crippen molar-refractivity contribution in [2.24, 2.45) is 0 Å². The van der Waals surface area contributed by atoms with Crippen molar-refractivity contribution in [2.45, 2.75) is 0 Å². The Morgan fingerprint density at radius 3 is 2.86 bits per heavy atom. The maximum atomic E-state index is 11.3. The maximum absolute atomic E-state index is 11.3. The van der Waals surface area contributed by atoms with E-state index in [9.17, 15) is 4.79 Å². The zero-order valence-electron chi connectivity index (χ0n) is 7.38. The first kappa shape index (κ1) is 9.62. The minimum atomic E-state index is -0.101. The van der Waals surface area contributed by atoms with Crippen LogP contribution in [-0.4, -0.2) is 19.6 Å². The number of nitrogens with zero attached hydrogens (tertiary/aromatic N) is 1. The lowest BCUT2D eigenvalue weighted by Gasteiger charge is -2.26. The lowest BCUT2D eigenvalue weighted by molar-refractivity contribution is -0.120. The molecule has 14 heavy (non-hydrogen) atoms. The van der Waals surface area contributed by atoms with Crippen molar-refractivity contribution in [3.63, 3.8) is 0 Å². The monoisotopic (exact) mass is 231 g/mol. The van der Waals surface area contributed by atoms with Gasteiger partial charge in [0.25, 0.3) is 5.91 Å². The third kappa shape index (κ3) is 1.33. The first-order valence-corrected chi connectivity index (χ1v) is 4.74. The second kappa shape index (κ2) is 3.33. The van der Waals surface area contributed by atoms with Crippen LogP contribution in [0.2, 0.25) is 10.0 Å². The molecular formula is C9H7Cl2NO2. The first-order valence-electron chi connectivity index (χ1n) is 3.98. The SMILES string of the molecule is CN1C(=O)COc2c1ccc(Cl)c2Cl. The lowest BCUT2D eigenvalue weighted by Crippen LogP contribution is -2.35. The summed E-state index contributed by atoms with van der Waals surface area (Å²) >= 11 is 11.7. The van der Waals surface area contributed by atoms with Crippen LogP contribution < -0.4 is 9.64 Å². The predicted octanol–water partition coefficient (Wildman–Crippen LogP) is 2.35. The molecule has 5 heteroatoms. The lowest BCUT2D eigenvalue weighted by atomic mass is 10.2. The van der Waals surface area contributed by atoms with Crippen LogP contribution in [0.15, 0.2) is 12.1 Å². The molecule has 0 spiro atoms. The molecule has 0 atom stereocenters. The summed E-state index contributed by atoms with van der Waals surface area (Å²) < 4.78 is 5.21. The van der Waals surface area contributed by atoms with E-state index in [1.54, 1.807) is 19.2 Å². The van der Waals surface area contributed by atoms with E-state index in [0.717, 1.165) is 0 Å². The minimum absolute atomic E-state index is 0.00353. The molecule has 74 valence electrons. The normalized spacial score (nSPS) is 15.1. The summed E-state index contributed by atoms with van der Waals surface area (Å²) in [7, 11) is 1.67. The Kier molecular flexibility index (Phi) is 2.29. The number of carbonyl (C=O) groups is 1. The number of hydrogen-bond donors (Lipinski definition) is 0. The van der Waals surface area contributed by atoms with Gasteiger partial charge in [0, 0.05) is 7.05 Å². The third-order valence-electron chi connectivity index (χ3n) is 2.10. The highest BCUT2D eigenvalue weighted by Crippen LogP contribution is 2.41. The summed E-state index contributed by atoms with van der Waals surface area (Å²) in [6.45, 7) is 0.00353. The summed E-state index contributed by atoms with van der Waals surface area (Å²) in [4.78, 5) is 12.8. The molecule has 0 radical (unpaired) electrons. The smallest absolute Gasteiger partial charge is 0.264 e. The number of amides is 1. The molecule has 0 saturated carbocycles. The number of anilines is 1. The highest BCUT2D eigenvalue weighted by molar-refractivity contribution is 6.43. The van der Waals surface area contributed by atoms with Crippen molar-refractivity contribution in [3.05, 3.63) is 22.2 Å². The zero-order chi connectivity index (χ0) is 10.3. The molecule has 3 nitrogen and oxygen atoms in total. The van der Waals surface area contributed by atoms with Gasteiger partial charge in [0.05, 0.1) is 10.7 Å². The molecule has 1 aromatic rings. The van der Waals surface area contributed by atoms with E-state index in [2.05, 4.69) is 0 Å². The van der Waals surface area contributed by atoms with Crippen molar-refractivity contribution in [3.8, 4) is 5.75 Å². The summed E-state index contributed by atoms with van der Waals surface area (Å²) in [5.41, 5.74) is 0.649. The van der Waals surface area contributed by atoms with Crippen LogP contribution in [0.25, 0.3) is 0 Å². The van der Waals surface area contributed by atoms with Crippen molar-refractivity contribution in [1.82, 2.24) is 0 Å². The summed E-state index contributed by atoms with van der Waals surface area (Å²) in [5, 5.41) is 0.775. The van der Waals surface area contributed by atoms with Gasteiger partial charge in [-0.25, -0.2) is 0 Å². The van der Waals surface area contributed by atoms with E-state index in [4.69, 9.17) is 27.9 Å². The molecule has 1 heterocycles. The van der Waals surface area contributed by atoms with E-state index < -0.39 is 0 Å². The Morgan fingerprint density at radius 2 is 2.14 bits per heavy atom. The molecule has 0 saturated heterocycles. The van der Waals surface area contributed by atoms with Crippen LogP contribution in [-0.2, 0) is 4.79 Å². The van der Waals surface area contributed by atoms with Gasteiger partial charge in [0.15, 0.2) is 12.4 Å². The van der Waals surface area contributed by atoms with Gasteiger partial charge in [-0.1, -0.05) is 23.2 Å². The van der Waals surface area contributed by atoms with E-state index >= 15 is 0 Å². The van der Waals surface area contributed by atoms with E-state index in [-0.39, 0.29) is 12.5 Å². The van der Waals surface area contributed by atoms with Crippen LogP contribution in [0.1, 0.15) is 0 Å². The van der Waals surface area contributed by atoms with Gasteiger partial charge in [-0.15, -0.1) is 0 Å². The fourth-order valence-corrected chi connectivity index (χ4v) is 1.65. The molecule has 1 aliphatic heterocycles. The van der Waals surface area contributed by atoms with E-state index in [0.29, 0.717) is 21.5 Å². The number of rotatable bonds is 0. The topological polar surface area (TPSA) is 29.5 Å². The molecule has 0 fully saturated rings. The molecule has 0 N–H and O–H groups in total. The molecule has 1 aromatic carbocycles. The van der Waals surface area contributed by atoms with Crippen LogP contribution in [0.5, 0.6) is 5.75 Å². The zero-order valence-corrected chi connectivity index (χ0v) is 8.89. The third-order valence-corrected chi connectivity index (χ3v) is 2.89. The molecule has 2 rings (SSSR count). The average molecular weight is 232 g/mol. The number of benzene rings is 1. The quantitative estimate of drug-likeness (QED) is 0.687. The predicted molar refractivity (Wildman–Crippen MR) is 55.4 cm³/mol. The van der Waals surface area contributed by atoms with Crippen LogP contribution in [0, 0.1) is 0 Å². The largest absolute Gasteiger partial charge is 0.480 e. The maximum Gasteiger partial charge on any atom is 0.264 e. The fraction of sp³-hybridized carbons (Fsp3) is 0.222. The number of halogens is 2. The van der Waals surface area contributed by atoms with Crippen molar-refractivity contribution in [2.75, 3.05) is 18.6 Å². The molecule has 0 unspecified atom stereocenters. The molecule has 1 aliphatic rings. The average Bonchev–Trinajstić information content (AvgIpc) is 2.17. The molecule has 0 bridgehead atoms. The summed E-state index contributed by atoms with van der Waals surface area (Å²) in [6.07, 6.45) is 0. The van der Waals surface area contributed by atoms with Gasteiger partial charge in [0.1, 0.15) is 5.02 Å². The van der Waals surface area contributed by atoms with E-state index in [1.165, 1.54) is 4.90 Å². The fourth-order valence-electron chi connectivity index (χ4n) is 1.29. The van der Waals surface area contributed by atoms with Crippen molar-refractivity contribution in [1.29, 1.82) is 0 Å². The highest BCUT2D eigenvalue weighted by Gasteiger charge is 2.25. The van der Waals surface area contributed by atoms with Gasteiger partial charge in [-0.3, -0.25) is 4.79 Å². The number of ether oxygens (including phenoxy) is 1. The Labute approximate surface area is 91.2 Å². The van der Waals surface area contributed by atoms with Gasteiger partial charge in [-0.2, -0.15) is 0 Å². The van der Waals surface area contributed by atoms with Crippen molar-refractivity contribution < 1.29 is 9.53 Å². The summed E-state index contributed by atoms with van der Waals surface area (Å²) in [6, 6.07) is 3.35. The van der Waals surface area contributed by atoms with Crippen LogP contribution in [0.4, 0.5) is 5.69 Å². The summed E-state index contributed by atoms with van der Waals surface area (Å²) in [5.74, 6) is 0.372. The first-order chi connectivity index (χ1) is 6.61. The Morgan fingerprint density at radius 1 is 1.43 bits per heavy atom. The van der Waals surface area contributed by atoms with Gasteiger partial charge in [-0.05, 0) is 12.1 Å². The van der Waals surface area contributed by atoms with Gasteiger partial charge < -0.3 is 9.64 Å². The standard InChI is InChI=1S/C9H7Cl2NO2/c1-12-6-3-2-5(10)8(11)9(6)14-4-7(12)13/h2-3H,4H2,1H3. The van der Waals surface area contributed by atoms with Gasteiger partial charge >= 0.3 is 0 Å². The van der Waals surface area contributed by atoms with Crippen LogP contribution >= 0.6 is 23.2 Å². The Hall–Kier alpha value is -0.930. The Balaban J connectivity index is 2.59. The van der Waals surface area contributed by atoms with Crippen molar-refractivity contribution >= 4 is 34.8 Å². The highest BCUT2D eigenvalue weighted by atomic mass is 35.5. The second-order valence-electron chi connectivity index (χ2n) is 2.95. The number of carbonyl (C=O) groups excluding carboxylic acids is 1. The van der Waals surface area contributed by atoms with Crippen LogP contribution in [0.3, 0.4) is 0 Å². The molecule has 0 aromatic heterocycles. The molecular weight excluding hydrogens is 225 g/mol. The second-order valence-corrected chi connectivity index (χ2v) is 3.74. The minimum Gasteiger partial charge on any atom is -0.480 e. The Bertz CT molecular complexity index is 406. The number of likely N-dealkylation sites (N-methyl/N-ethyl adjacent to an activating group) is 1.